The van der Waals surface area contributed by atoms with Crippen molar-refractivity contribution < 1.29 is 14.3 Å². The second kappa shape index (κ2) is 4.56. The number of aryl methyl sites for hydroxylation is 2. The Hall–Kier alpha value is -2.24. The molecule has 96 valence electrons. The zero-order valence-electron chi connectivity index (χ0n) is 10.5. The Labute approximate surface area is 104 Å². The van der Waals surface area contributed by atoms with Gasteiger partial charge in [-0.15, -0.1) is 0 Å². The number of carbonyl (C=O) groups is 1. The molecule has 18 heavy (non-hydrogen) atoms. The number of aromatic nitrogens is 2. The molecule has 2 heterocycles. The van der Waals surface area contributed by atoms with Gasteiger partial charge in [-0.05, 0) is 19.9 Å². The number of furan rings is 1. The van der Waals surface area contributed by atoms with Gasteiger partial charge in [0.1, 0.15) is 12.0 Å². The summed E-state index contributed by atoms with van der Waals surface area (Å²) < 4.78 is 6.96. The summed E-state index contributed by atoms with van der Waals surface area (Å²) in [5.74, 6) is -0.409. The predicted octanol–water partition coefficient (Wildman–Crippen LogP) is 1.94. The molecule has 0 spiro atoms. The highest BCUT2D eigenvalue weighted by Gasteiger charge is 2.11. The summed E-state index contributed by atoms with van der Waals surface area (Å²) in [5.41, 5.74) is 3.04. The number of anilines is 1. The molecule has 2 aromatic rings. The fourth-order valence-electron chi connectivity index (χ4n) is 1.79. The molecule has 0 unspecified atom stereocenters. The molecule has 0 aliphatic heterocycles. The van der Waals surface area contributed by atoms with Crippen molar-refractivity contribution >= 4 is 11.7 Å². The normalized spacial score (nSPS) is 10.6. The van der Waals surface area contributed by atoms with Crippen molar-refractivity contribution in [2.45, 2.75) is 20.4 Å². The lowest BCUT2D eigenvalue weighted by Crippen LogP contribution is -2.01. The van der Waals surface area contributed by atoms with Crippen LogP contribution in [0.1, 0.15) is 27.5 Å². The fourth-order valence-corrected chi connectivity index (χ4v) is 1.79. The molecule has 0 fully saturated rings. The Morgan fingerprint density at radius 3 is 2.78 bits per heavy atom. The van der Waals surface area contributed by atoms with Crippen molar-refractivity contribution in [3.05, 3.63) is 35.0 Å². The van der Waals surface area contributed by atoms with Crippen LogP contribution in [0, 0.1) is 13.8 Å². The van der Waals surface area contributed by atoms with Crippen LogP contribution in [0.25, 0.3) is 0 Å². The number of rotatable bonds is 4. The smallest absolute Gasteiger partial charge is 0.338 e. The van der Waals surface area contributed by atoms with E-state index in [1.165, 1.54) is 12.3 Å². The van der Waals surface area contributed by atoms with Crippen molar-refractivity contribution in [2.75, 3.05) is 5.32 Å². The van der Waals surface area contributed by atoms with Crippen LogP contribution in [0.4, 0.5) is 5.69 Å². The maximum Gasteiger partial charge on any atom is 0.338 e. The van der Waals surface area contributed by atoms with Gasteiger partial charge in [-0.2, -0.15) is 5.10 Å². The SMILES string of the molecule is Cc1nn(C)c(C)c1NCc1cc(C(=O)O)co1. The summed E-state index contributed by atoms with van der Waals surface area (Å²) in [7, 11) is 1.88. The third-order valence-corrected chi connectivity index (χ3v) is 2.85. The molecule has 0 bridgehead atoms. The zero-order valence-corrected chi connectivity index (χ0v) is 10.5. The molecule has 0 radical (unpaired) electrons. The highest BCUT2D eigenvalue weighted by molar-refractivity contribution is 5.87. The van der Waals surface area contributed by atoms with Gasteiger partial charge in [0.25, 0.3) is 0 Å². The molecule has 0 aliphatic rings. The number of nitrogens with one attached hydrogen (secondary N) is 1. The van der Waals surface area contributed by atoms with E-state index in [0.29, 0.717) is 12.3 Å². The molecular formula is C12H15N3O3. The minimum absolute atomic E-state index is 0.159. The summed E-state index contributed by atoms with van der Waals surface area (Å²) >= 11 is 0. The largest absolute Gasteiger partial charge is 0.478 e. The second-order valence-electron chi connectivity index (χ2n) is 4.13. The number of hydrogen-bond donors (Lipinski definition) is 2. The number of hydrogen-bond acceptors (Lipinski definition) is 4. The van der Waals surface area contributed by atoms with E-state index in [0.717, 1.165) is 17.1 Å². The van der Waals surface area contributed by atoms with Crippen molar-refractivity contribution in [1.82, 2.24) is 9.78 Å². The Balaban J connectivity index is 2.09. The van der Waals surface area contributed by atoms with Crippen molar-refractivity contribution in [1.29, 1.82) is 0 Å². The molecule has 6 heteroatoms. The monoisotopic (exact) mass is 249 g/mol. The van der Waals surface area contributed by atoms with Gasteiger partial charge < -0.3 is 14.8 Å². The van der Waals surface area contributed by atoms with Crippen LogP contribution >= 0.6 is 0 Å². The Morgan fingerprint density at radius 2 is 2.28 bits per heavy atom. The highest BCUT2D eigenvalue weighted by atomic mass is 16.4. The van der Waals surface area contributed by atoms with Crippen LogP contribution in [-0.2, 0) is 13.6 Å². The summed E-state index contributed by atoms with van der Waals surface area (Å²) in [6, 6.07) is 1.51. The van der Waals surface area contributed by atoms with Crippen LogP contribution in [0.5, 0.6) is 0 Å². The number of aromatic carboxylic acids is 1. The fraction of sp³-hybridized carbons (Fsp3) is 0.333. The van der Waals surface area contributed by atoms with Crippen LogP contribution in [-0.4, -0.2) is 20.9 Å². The molecule has 0 aliphatic carbocycles. The lowest BCUT2D eigenvalue weighted by atomic mass is 10.3. The maximum absolute atomic E-state index is 10.7. The summed E-state index contributed by atoms with van der Waals surface area (Å²) in [4.78, 5) is 10.7. The lowest BCUT2D eigenvalue weighted by molar-refractivity contribution is 0.0696. The average Bonchev–Trinajstić information content (AvgIpc) is 2.85. The first-order valence-corrected chi connectivity index (χ1v) is 5.54. The van der Waals surface area contributed by atoms with Gasteiger partial charge in [-0.3, -0.25) is 4.68 Å². The Kier molecular flexibility index (Phi) is 3.10. The first-order chi connectivity index (χ1) is 8.49. The van der Waals surface area contributed by atoms with Crippen LogP contribution in [0.3, 0.4) is 0 Å². The Bertz CT molecular complexity index is 583. The van der Waals surface area contributed by atoms with E-state index in [-0.39, 0.29) is 5.56 Å². The van der Waals surface area contributed by atoms with Gasteiger partial charge in [0, 0.05) is 7.05 Å². The molecule has 2 N–H and O–H groups in total. The van der Waals surface area contributed by atoms with E-state index in [9.17, 15) is 4.79 Å². The van der Waals surface area contributed by atoms with Crippen molar-refractivity contribution in [3.8, 4) is 0 Å². The van der Waals surface area contributed by atoms with Crippen LogP contribution in [0.15, 0.2) is 16.7 Å². The van der Waals surface area contributed by atoms with E-state index >= 15 is 0 Å². The van der Waals surface area contributed by atoms with E-state index in [2.05, 4.69) is 10.4 Å². The predicted molar refractivity (Wildman–Crippen MR) is 65.7 cm³/mol. The molecule has 2 aromatic heterocycles. The van der Waals surface area contributed by atoms with Gasteiger partial charge in [-0.1, -0.05) is 0 Å². The summed E-state index contributed by atoms with van der Waals surface area (Å²) in [6.45, 7) is 4.31. The molecular weight excluding hydrogens is 234 g/mol. The number of carboxylic acids is 1. The molecule has 0 saturated carbocycles. The third kappa shape index (κ3) is 2.22. The topological polar surface area (TPSA) is 80.3 Å². The maximum atomic E-state index is 10.7. The van der Waals surface area contributed by atoms with E-state index in [1.54, 1.807) is 4.68 Å². The minimum atomic E-state index is -0.987. The number of nitrogens with zero attached hydrogens (tertiary/aromatic N) is 2. The molecule has 0 saturated heterocycles. The van der Waals surface area contributed by atoms with E-state index in [1.807, 2.05) is 20.9 Å². The van der Waals surface area contributed by atoms with Crippen LogP contribution in [0.2, 0.25) is 0 Å². The average molecular weight is 249 g/mol. The van der Waals surface area contributed by atoms with Gasteiger partial charge in [0.05, 0.1) is 29.2 Å². The first kappa shape index (κ1) is 12.2. The lowest BCUT2D eigenvalue weighted by Gasteiger charge is -2.04. The van der Waals surface area contributed by atoms with Crippen molar-refractivity contribution in [3.63, 3.8) is 0 Å². The van der Waals surface area contributed by atoms with Gasteiger partial charge in [-0.25, -0.2) is 4.79 Å². The second-order valence-corrected chi connectivity index (χ2v) is 4.13. The van der Waals surface area contributed by atoms with Crippen molar-refractivity contribution in [2.24, 2.45) is 7.05 Å². The zero-order chi connectivity index (χ0) is 13.3. The van der Waals surface area contributed by atoms with Gasteiger partial charge in [0.2, 0.25) is 0 Å². The first-order valence-electron chi connectivity index (χ1n) is 5.54. The molecule has 2 rings (SSSR count). The van der Waals surface area contributed by atoms with Crippen LogP contribution < -0.4 is 5.32 Å². The quantitative estimate of drug-likeness (QED) is 0.865. The third-order valence-electron chi connectivity index (χ3n) is 2.85. The molecule has 0 atom stereocenters. The summed E-state index contributed by atoms with van der Waals surface area (Å²) in [6.07, 6.45) is 1.24. The number of carboxylic acid groups (broad SMARTS) is 1. The molecule has 6 nitrogen and oxygen atoms in total. The molecule has 0 aromatic carbocycles. The Morgan fingerprint density at radius 1 is 1.56 bits per heavy atom. The standard InChI is InChI=1S/C12H15N3O3/c1-7-11(8(2)15(3)14-7)13-5-10-4-9(6-18-10)12(16)17/h4,6,13H,5H2,1-3H3,(H,16,17). The van der Waals surface area contributed by atoms with E-state index in [4.69, 9.17) is 9.52 Å². The van der Waals surface area contributed by atoms with Gasteiger partial charge in [0.15, 0.2) is 0 Å². The van der Waals surface area contributed by atoms with E-state index < -0.39 is 5.97 Å². The summed E-state index contributed by atoms with van der Waals surface area (Å²) in [5, 5.41) is 16.3. The minimum Gasteiger partial charge on any atom is -0.478 e. The highest BCUT2D eigenvalue weighted by Crippen LogP contribution is 2.19. The van der Waals surface area contributed by atoms with Gasteiger partial charge >= 0.3 is 5.97 Å². The molecule has 0 amide bonds.